The second kappa shape index (κ2) is 13.7. The maximum Gasteiger partial charge on any atom is 0.246 e. The standard InChI is InChI=1S/C40H68N6O4/c1-11-45-20-13-17-27(23-45)25(2)42-30(36(3,4)5)34(49)44-31(37(6,7)8)35(50)46-24-40(38(9,10)39(40)18-14-19-39)22-29(46)33(48)43-28(32(41)47)21-26-15-12-16-26/h26-31,42H,2,11-24H2,1,3-10H3,(H2,41,47)(H,43,48)(H,44,49)/t27-,28+,29-,30?,31-,40?/m0/s1. The van der Waals surface area contributed by atoms with Gasteiger partial charge in [0, 0.05) is 30.1 Å². The van der Waals surface area contributed by atoms with Crippen molar-refractivity contribution in [3.05, 3.63) is 12.3 Å². The van der Waals surface area contributed by atoms with E-state index in [0.29, 0.717) is 25.3 Å². The van der Waals surface area contributed by atoms with E-state index in [1.165, 1.54) is 0 Å². The summed E-state index contributed by atoms with van der Waals surface area (Å²) in [5.74, 6) is -0.709. The molecule has 2 spiro atoms. The highest BCUT2D eigenvalue weighted by atomic mass is 16.2. The number of fused-ring (bicyclic) bond motifs is 1. The van der Waals surface area contributed by atoms with Crippen molar-refractivity contribution in [1.82, 2.24) is 25.8 Å². The normalized spacial score (nSPS) is 29.3. The summed E-state index contributed by atoms with van der Waals surface area (Å²) in [4.78, 5) is 60.2. The molecule has 2 unspecified atom stereocenters. The summed E-state index contributed by atoms with van der Waals surface area (Å²) in [5, 5.41) is 9.71. The van der Waals surface area contributed by atoms with Gasteiger partial charge in [0.25, 0.3) is 0 Å². The molecule has 0 aromatic carbocycles. The third-order valence-electron chi connectivity index (χ3n) is 14.2. The van der Waals surface area contributed by atoms with E-state index in [0.717, 1.165) is 76.7 Å². The summed E-state index contributed by atoms with van der Waals surface area (Å²) >= 11 is 0. The van der Waals surface area contributed by atoms with E-state index in [9.17, 15) is 19.2 Å². The summed E-state index contributed by atoms with van der Waals surface area (Å²) in [5.41, 5.74) is 5.48. The third-order valence-corrected chi connectivity index (χ3v) is 14.2. The molecule has 5 rings (SSSR count). The predicted molar refractivity (Wildman–Crippen MR) is 197 cm³/mol. The highest BCUT2D eigenvalue weighted by Crippen LogP contribution is 2.88. The first-order chi connectivity index (χ1) is 23.2. The van der Waals surface area contributed by atoms with Crippen molar-refractivity contribution in [2.24, 2.45) is 44.6 Å². The second-order valence-corrected chi connectivity index (χ2v) is 19.3. The van der Waals surface area contributed by atoms with Crippen molar-refractivity contribution in [2.75, 3.05) is 26.2 Å². The lowest BCUT2D eigenvalue weighted by Gasteiger charge is -2.40. The average molecular weight is 697 g/mol. The first-order valence-corrected chi connectivity index (χ1v) is 19.6. The Hall–Kier alpha value is -2.62. The van der Waals surface area contributed by atoms with Gasteiger partial charge in [-0.05, 0) is 79.2 Å². The number of nitrogens with one attached hydrogen (secondary N) is 3. The average Bonchev–Trinajstić information content (AvgIpc) is 3.21. The topological polar surface area (TPSA) is 137 Å². The summed E-state index contributed by atoms with van der Waals surface area (Å²) in [6.45, 7) is 26.6. The van der Waals surface area contributed by atoms with Crippen LogP contribution in [0.15, 0.2) is 12.3 Å². The molecule has 5 N–H and O–H groups in total. The Balaban J connectivity index is 1.39. The Morgan fingerprint density at radius 2 is 1.52 bits per heavy atom. The van der Waals surface area contributed by atoms with Gasteiger partial charge < -0.3 is 31.5 Å². The number of carbonyl (C=O) groups is 4. The third kappa shape index (κ3) is 6.83. The van der Waals surface area contributed by atoms with Gasteiger partial charge in [0.2, 0.25) is 23.6 Å². The van der Waals surface area contributed by atoms with Crippen LogP contribution in [-0.2, 0) is 19.2 Å². The van der Waals surface area contributed by atoms with E-state index in [2.05, 4.69) is 48.2 Å². The molecule has 5 fully saturated rings. The van der Waals surface area contributed by atoms with Crippen molar-refractivity contribution >= 4 is 23.6 Å². The molecule has 0 aromatic heterocycles. The maximum atomic E-state index is 14.9. The minimum Gasteiger partial charge on any atom is -0.377 e. The Labute approximate surface area is 301 Å². The first-order valence-electron chi connectivity index (χ1n) is 19.6. The fourth-order valence-electron chi connectivity index (χ4n) is 10.3. The molecule has 10 nitrogen and oxygen atoms in total. The van der Waals surface area contributed by atoms with Crippen molar-refractivity contribution in [1.29, 1.82) is 0 Å². The van der Waals surface area contributed by atoms with Gasteiger partial charge in [0.1, 0.15) is 24.2 Å². The van der Waals surface area contributed by atoms with Crippen LogP contribution >= 0.6 is 0 Å². The van der Waals surface area contributed by atoms with Gasteiger partial charge in [-0.2, -0.15) is 0 Å². The monoisotopic (exact) mass is 697 g/mol. The van der Waals surface area contributed by atoms with Crippen LogP contribution in [0.1, 0.15) is 127 Å². The summed E-state index contributed by atoms with van der Waals surface area (Å²) in [6.07, 6.45) is 9.77. The number of hydrogen-bond donors (Lipinski definition) is 4. The van der Waals surface area contributed by atoms with Crippen LogP contribution < -0.4 is 21.7 Å². The fraction of sp³-hybridized carbons (Fsp3) is 0.850. The Bertz CT molecular complexity index is 1340. The molecule has 6 atom stereocenters. The van der Waals surface area contributed by atoms with E-state index in [4.69, 9.17) is 5.73 Å². The highest BCUT2D eigenvalue weighted by molar-refractivity contribution is 5.96. The van der Waals surface area contributed by atoms with E-state index in [-0.39, 0.29) is 39.9 Å². The van der Waals surface area contributed by atoms with Crippen LogP contribution in [0, 0.1) is 38.9 Å². The number of likely N-dealkylation sites (tertiary alicyclic amines) is 2. The molecule has 2 aliphatic heterocycles. The Morgan fingerprint density at radius 3 is 2.00 bits per heavy atom. The number of nitrogens with zero attached hydrogens (tertiary/aromatic N) is 2. The van der Waals surface area contributed by atoms with Crippen LogP contribution in [0.5, 0.6) is 0 Å². The van der Waals surface area contributed by atoms with Crippen LogP contribution in [0.4, 0.5) is 0 Å². The minimum absolute atomic E-state index is 0.0185. The maximum absolute atomic E-state index is 14.9. The molecule has 282 valence electrons. The van der Waals surface area contributed by atoms with Gasteiger partial charge in [0.05, 0.1) is 0 Å². The summed E-state index contributed by atoms with van der Waals surface area (Å²) in [6, 6.07) is -2.98. The molecular formula is C40H68N6O4. The molecule has 2 saturated heterocycles. The number of rotatable bonds is 12. The largest absolute Gasteiger partial charge is 0.377 e. The molecule has 10 heteroatoms. The molecule has 0 bridgehead atoms. The van der Waals surface area contributed by atoms with Crippen molar-refractivity contribution in [3.8, 4) is 0 Å². The number of nitrogens with two attached hydrogens (primary N) is 1. The van der Waals surface area contributed by atoms with Crippen molar-refractivity contribution in [3.63, 3.8) is 0 Å². The van der Waals surface area contributed by atoms with Crippen molar-refractivity contribution in [2.45, 2.75) is 151 Å². The molecule has 0 radical (unpaired) electrons. The predicted octanol–water partition coefficient (Wildman–Crippen LogP) is 4.72. The number of primary amides is 1. The molecule has 0 aromatic rings. The summed E-state index contributed by atoms with van der Waals surface area (Å²) < 4.78 is 0. The van der Waals surface area contributed by atoms with E-state index < -0.39 is 40.9 Å². The number of hydrogen-bond acceptors (Lipinski definition) is 6. The molecule has 2 heterocycles. The lowest BCUT2D eigenvalue weighted by molar-refractivity contribution is -0.145. The Kier molecular flexibility index (Phi) is 10.6. The number of carbonyl (C=O) groups excluding carboxylic acids is 4. The highest BCUT2D eigenvalue weighted by Gasteiger charge is 2.85. The van der Waals surface area contributed by atoms with Gasteiger partial charge in [-0.25, -0.2) is 0 Å². The van der Waals surface area contributed by atoms with Crippen LogP contribution in [-0.4, -0.2) is 83.8 Å². The van der Waals surface area contributed by atoms with E-state index >= 15 is 0 Å². The number of piperidine rings is 1. The molecule has 3 aliphatic carbocycles. The smallest absolute Gasteiger partial charge is 0.246 e. The zero-order valence-corrected chi connectivity index (χ0v) is 32.7. The van der Waals surface area contributed by atoms with Crippen LogP contribution in [0.2, 0.25) is 0 Å². The number of amides is 4. The molecular weight excluding hydrogens is 628 g/mol. The van der Waals surface area contributed by atoms with E-state index in [1.807, 2.05) is 41.5 Å². The van der Waals surface area contributed by atoms with Gasteiger partial charge in [-0.15, -0.1) is 0 Å². The zero-order valence-electron chi connectivity index (χ0n) is 32.7. The van der Waals surface area contributed by atoms with Gasteiger partial charge >= 0.3 is 0 Å². The van der Waals surface area contributed by atoms with Gasteiger partial charge in [-0.1, -0.05) is 94.6 Å². The van der Waals surface area contributed by atoms with Gasteiger partial charge in [0.15, 0.2) is 0 Å². The zero-order chi connectivity index (χ0) is 37.0. The molecule has 3 saturated carbocycles. The lowest BCUT2D eigenvalue weighted by atomic mass is 9.73. The second-order valence-electron chi connectivity index (χ2n) is 19.3. The minimum atomic E-state index is -0.869. The molecule has 50 heavy (non-hydrogen) atoms. The van der Waals surface area contributed by atoms with E-state index in [1.54, 1.807) is 4.90 Å². The Morgan fingerprint density at radius 1 is 0.880 bits per heavy atom. The first kappa shape index (κ1) is 38.6. The van der Waals surface area contributed by atoms with Crippen LogP contribution in [0.25, 0.3) is 0 Å². The quantitative estimate of drug-likeness (QED) is 0.233. The summed E-state index contributed by atoms with van der Waals surface area (Å²) in [7, 11) is 0. The van der Waals surface area contributed by atoms with Crippen LogP contribution in [0.3, 0.4) is 0 Å². The molecule has 4 amide bonds. The fourth-order valence-corrected chi connectivity index (χ4v) is 10.3. The van der Waals surface area contributed by atoms with Gasteiger partial charge in [-0.3, -0.25) is 19.2 Å². The van der Waals surface area contributed by atoms with Crippen molar-refractivity contribution < 1.29 is 19.2 Å². The lowest BCUT2D eigenvalue weighted by Crippen LogP contribution is -2.62. The SMILES string of the molecule is C=C(NC(C(=O)N[C@@H](C(=O)N1CC2(C[C@H]1C(=O)N[C@H](CC1CCC1)C(N)=O)C(C)(C)C21CCC1)C(C)(C)C)C(C)(C)C)[C@H]1CCCN(CC)C1. The molecule has 5 aliphatic rings.